The molecule has 2 fully saturated rings. The third kappa shape index (κ3) is 7.89. The number of hydrogen-bond donors (Lipinski definition) is 5. The van der Waals surface area contributed by atoms with E-state index in [4.69, 9.17) is 26.7 Å². The lowest BCUT2D eigenvalue weighted by Gasteiger charge is -2.17. The summed E-state index contributed by atoms with van der Waals surface area (Å²) in [6.07, 6.45) is -1.88. The van der Waals surface area contributed by atoms with Crippen LogP contribution in [0.5, 0.6) is 0 Å². The number of carbonyl (C=O) groups is 4. The van der Waals surface area contributed by atoms with Gasteiger partial charge in [0.1, 0.15) is 23.8 Å². The summed E-state index contributed by atoms with van der Waals surface area (Å²) < 4.78 is 40.9. The van der Waals surface area contributed by atoms with E-state index in [0.29, 0.717) is 19.4 Å². The van der Waals surface area contributed by atoms with Gasteiger partial charge < -0.3 is 37.3 Å². The predicted molar refractivity (Wildman–Crippen MR) is 157 cm³/mol. The van der Waals surface area contributed by atoms with Crippen molar-refractivity contribution in [2.24, 2.45) is 22.2 Å². The lowest BCUT2D eigenvalue weighted by Crippen LogP contribution is -2.44. The highest BCUT2D eigenvalue weighted by Crippen LogP contribution is 2.33. The number of amides is 4. The van der Waals surface area contributed by atoms with Crippen LogP contribution >= 0.6 is 0 Å². The van der Waals surface area contributed by atoms with E-state index in [1.807, 2.05) is 0 Å². The van der Waals surface area contributed by atoms with Crippen molar-refractivity contribution in [1.29, 1.82) is 0 Å². The number of anilines is 2. The molecule has 2 aromatic rings. The van der Waals surface area contributed by atoms with Crippen LogP contribution in [0.2, 0.25) is 0 Å². The van der Waals surface area contributed by atoms with E-state index < -0.39 is 48.0 Å². The number of ether oxygens (including phenoxy) is 2. The predicted octanol–water partition coefficient (Wildman–Crippen LogP) is 0.915. The number of halogens is 2. The molecule has 0 saturated carbocycles. The van der Waals surface area contributed by atoms with E-state index in [-0.39, 0.29) is 60.5 Å². The van der Waals surface area contributed by atoms with Crippen molar-refractivity contribution in [3.8, 4) is 11.1 Å². The fraction of sp³-hybridized carbons (Fsp3) is 0.393. The molecule has 0 radical (unpaired) electrons. The van der Waals surface area contributed by atoms with E-state index in [1.54, 1.807) is 0 Å². The normalized spacial score (nSPS) is 18.5. The average molecular weight is 617 g/mol. The van der Waals surface area contributed by atoms with Crippen LogP contribution in [0, 0.1) is 11.6 Å². The van der Waals surface area contributed by atoms with Crippen molar-refractivity contribution in [3.05, 3.63) is 48.0 Å². The first-order chi connectivity index (χ1) is 20.9. The molecule has 2 aromatic carbocycles. The van der Waals surface area contributed by atoms with Gasteiger partial charge in [0.05, 0.1) is 43.6 Å². The standard InChI is InChI=1S/C28H34F2N8O6/c1-15(39)35-11-18-13-37(27(41)43-18)16-4-6-20(22(29)9-16)21-7-5-17(10-23(21)30)38-14-19(44-28(38)42)12-36-25(40)24(31)3-2-8-34-26(32)33/h4-7,9-10,18-19,24H,2-3,8,11-14,31H2,1H3,(H,35,39)(H,36,40)(H4,32,33,34)/t18-,19+,24+/m1/s1. The minimum atomic E-state index is -0.801. The molecule has 8 N–H and O–H groups in total. The summed E-state index contributed by atoms with van der Waals surface area (Å²) in [4.78, 5) is 54.4. The topological polar surface area (TPSA) is 208 Å². The summed E-state index contributed by atoms with van der Waals surface area (Å²) in [5.41, 5.74) is 16.7. The number of guanidine groups is 1. The summed E-state index contributed by atoms with van der Waals surface area (Å²) in [5.74, 6) is -2.32. The fourth-order valence-corrected chi connectivity index (χ4v) is 4.71. The Bertz CT molecular complexity index is 1450. The van der Waals surface area contributed by atoms with Gasteiger partial charge in [-0.15, -0.1) is 0 Å². The minimum Gasteiger partial charge on any atom is -0.442 e. The molecular weight excluding hydrogens is 582 g/mol. The number of carbonyl (C=O) groups excluding carboxylic acids is 4. The summed E-state index contributed by atoms with van der Waals surface area (Å²) in [7, 11) is 0. The second-order valence-electron chi connectivity index (χ2n) is 10.3. The van der Waals surface area contributed by atoms with Gasteiger partial charge in [0.2, 0.25) is 11.8 Å². The van der Waals surface area contributed by atoms with Crippen molar-refractivity contribution in [2.45, 2.75) is 38.0 Å². The molecule has 4 amide bonds. The first-order valence-electron chi connectivity index (χ1n) is 13.8. The van der Waals surface area contributed by atoms with Crippen LogP contribution in [-0.4, -0.2) is 80.9 Å². The maximum absolute atomic E-state index is 15.2. The SMILES string of the molecule is CC(=O)NC[C@@H]1CN(c2ccc(-c3ccc(N4C[C@H](CNC(=O)[C@@H](N)CCCN=C(N)N)OC4=O)cc3F)c(F)c2)C(=O)O1. The summed E-state index contributed by atoms with van der Waals surface area (Å²) in [6.45, 7) is 1.93. The highest BCUT2D eigenvalue weighted by Gasteiger charge is 2.34. The molecule has 2 heterocycles. The maximum atomic E-state index is 15.2. The molecule has 0 aliphatic carbocycles. The first-order valence-corrected chi connectivity index (χ1v) is 13.8. The smallest absolute Gasteiger partial charge is 0.414 e. The van der Waals surface area contributed by atoms with Crippen molar-refractivity contribution in [3.63, 3.8) is 0 Å². The van der Waals surface area contributed by atoms with Crippen molar-refractivity contribution < 1.29 is 37.4 Å². The van der Waals surface area contributed by atoms with E-state index in [9.17, 15) is 19.2 Å². The number of nitrogens with zero attached hydrogens (tertiary/aromatic N) is 3. The van der Waals surface area contributed by atoms with E-state index in [0.717, 1.165) is 12.1 Å². The zero-order chi connectivity index (χ0) is 32.0. The molecule has 0 unspecified atom stereocenters. The monoisotopic (exact) mass is 616 g/mol. The average Bonchev–Trinajstić information content (AvgIpc) is 3.54. The highest BCUT2D eigenvalue weighted by molar-refractivity contribution is 5.91. The molecule has 3 atom stereocenters. The van der Waals surface area contributed by atoms with Gasteiger partial charge in [-0.1, -0.05) is 0 Å². The van der Waals surface area contributed by atoms with E-state index in [1.165, 1.54) is 41.0 Å². The molecule has 2 saturated heterocycles. The van der Waals surface area contributed by atoms with Crippen molar-refractivity contribution in [2.75, 3.05) is 42.5 Å². The molecule has 0 spiro atoms. The van der Waals surface area contributed by atoms with Gasteiger partial charge in [-0.25, -0.2) is 18.4 Å². The molecule has 44 heavy (non-hydrogen) atoms. The lowest BCUT2D eigenvalue weighted by atomic mass is 10.0. The fourth-order valence-electron chi connectivity index (χ4n) is 4.71. The Balaban J connectivity index is 1.35. The number of hydrogen-bond acceptors (Lipinski definition) is 8. The summed E-state index contributed by atoms with van der Waals surface area (Å²) >= 11 is 0. The second-order valence-corrected chi connectivity index (χ2v) is 10.3. The molecule has 2 aliphatic rings. The van der Waals surface area contributed by atoms with Gasteiger partial charge in [0, 0.05) is 24.6 Å². The van der Waals surface area contributed by atoms with Crippen LogP contribution in [0.4, 0.5) is 29.7 Å². The van der Waals surface area contributed by atoms with E-state index in [2.05, 4.69) is 15.6 Å². The maximum Gasteiger partial charge on any atom is 0.414 e. The molecule has 236 valence electrons. The number of aliphatic imine (C=N–C) groups is 1. The minimum absolute atomic E-state index is 0.000648. The number of rotatable bonds is 12. The largest absolute Gasteiger partial charge is 0.442 e. The first kappa shape index (κ1) is 31.9. The van der Waals surface area contributed by atoms with Crippen molar-refractivity contribution in [1.82, 2.24) is 10.6 Å². The van der Waals surface area contributed by atoms with E-state index >= 15 is 8.78 Å². The van der Waals surface area contributed by atoms with Gasteiger partial charge >= 0.3 is 12.2 Å². The van der Waals surface area contributed by atoms with Crippen LogP contribution < -0.4 is 37.6 Å². The highest BCUT2D eigenvalue weighted by atomic mass is 19.1. The Morgan fingerprint density at radius 1 is 0.932 bits per heavy atom. The van der Waals surface area contributed by atoms with Gasteiger partial charge in [0.25, 0.3) is 0 Å². The summed E-state index contributed by atoms with van der Waals surface area (Å²) in [5, 5.41) is 5.20. The summed E-state index contributed by atoms with van der Waals surface area (Å²) in [6, 6.07) is 6.96. The number of cyclic esters (lactones) is 2. The molecule has 16 heteroatoms. The van der Waals surface area contributed by atoms with Crippen LogP contribution in [0.15, 0.2) is 41.4 Å². The molecule has 4 rings (SSSR count). The number of nitrogens with one attached hydrogen (secondary N) is 2. The van der Waals surface area contributed by atoms with Gasteiger partial charge in [-0.2, -0.15) is 0 Å². The van der Waals surface area contributed by atoms with Crippen LogP contribution in [0.25, 0.3) is 11.1 Å². The van der Waals surface area contributed by atoms with Gasteiger partial charge in [0.15, 0.2) is 5.96 Å². The van der Waals surface area contributed by atoms with Crippen LogP contribution in [-0.2, 0) is 19.1 Å². The lowest BCUT2D eigenvalue weighted by molar-refractivity contribution is -0.123. The van der Waals surface area contributed by atoms with Gasteiger partial charge in [-0.3, -0.25) is 24.4 Å². The molecule has 2 aliphatic heterocycles. The Hall–Kier alpha value is -4.99. The quantitative estimate of drug-likeness (QED) is 0.130. The van der Waals surface area contributed by atoms with Crippen molar-refractivity contribution >= 4 is 41.3 Å². The van der Waals surface area contributed by atoms with Gasteiger partial charge in [-0.05, 0) is 49.2 Å². The van der Waals surface area contributed by atoms with Crippen LogP contribution in [0.3, 0.4) is 0 Å². The third-order valence-corrected chi connectivity index (χ3v) is 6.95. The number of nitrogens with two attached hydrogens (primary N) is 3. The zero-order valence-electron chi connectivity index (χ0n) is 23.9. The molecular formula is C28H34F2N8O6. The Morgan fingerprint density at radius 2 is 1.43 bits per heavy atom. The third-order valence-electron chi connectivity index (χ3n) is 6.95. The van der Waals surface area contributed by atoms with Crippen LogP contribution in [0.1, 0.15) is 19.8 Å². The zero-order valence-corrected chi connectivity index (χ0v) is 23.9. The Kier molecular flexibility index (Phi) is 10.2. The second kappa shape index (κ2) is 14.0. The Labute approximate surface area is 251 Å². The molecule has 0 bridgehead atoms. The molecule has 14 nitrogen and oxygen atoms in total. The Morgan fingerprint density at radius 3 is 1.89 bits per heavy atom. The molecule has 0 aromatic heterocycles. The number of benzene rings is 2.